The minimum absolute atomic E-state index is 0.747. The van der Waals surface area contributed by atoms with Gasteiger partial charge in [-0.2, -0.15) is 0 Å². The third kappa shape index (κ3) is 2.04. The van der Waals surface area contributed by atoms with E-state index in [2.05, 4.69) is 15.3 Å². The topological polar surface area (TPSA) is 63.8 Å². The second kappa shape index (κ2) is 3.96. The van der Waals surface area contributed by atoms with Gasteiger partial charge in [0.15, 0.2) is 0 Å². The van der Waals surface area contributed by atoms with Crippen molar-refractivity contribution in [3.05, 3.63) is 36.7 Å². The molecule has 0 aliphatic heterocycles. The number of rotatable bonds is 2. The molecule has 0 fully saturated rings. The number of aromatic nitrogens is 2. The van der Waals surface area contributed by atoms with Gasteiger partial charge in [-0.3, -0.25) is 4.98 Å². The lowest BCUT2D eigenvalue weighted by molar-refractivity contribution is 1.19. The predicted octanol–water partition coefficient (Wildman–Crippen LogP) is 1.77. The van der Waals surface area contributed by atoms with E-state index in [9.17, 15) is 0 Å². The number of anilines is 2. The molecule has 1 heterocycles. The first-order valence-corrected chi connectivity index (χ1v) is 4.65. The molecule has 2 aromatic rings. The number of hydrogen-bond donors (Lipinski definition) is 2. The van der Waals surface area contributed by atoms with Crippen molar-refractivity contribution in [2.45, 2.75) is 0 Å². The molecule has 0 unspecified atom stereocenters. The maximum absolute atomic E-state index is 5.61. The molecule has 2 rings (SSSR count). The summed E-state index contributed by atoms with van der Waals surface area (Å²) in [5.41, 5.74) is 8.20. The number of nitrogens with zero attached hydrogens (tertiary/aromatic N) is 2. The van der Waals surface area contributed by atoms with Gasteiger partial charge in [0.25, 0.3) is 0 Å². The van der Waals surface area contributed by atoms with Crippen LogP contribution in [0.5, 0.6) is 0 Å². The molecule has 0 amide bonds. The van der Waals surface area contributed by atoms with E-state index >= 15 is 0 Å². The number of nitrogens with one attached hydrogen (secondary N) is 1. The van der Waals surface area contributed by atoms with Gasteiger partial charge in [-0.1, -0.05) is 12.1 Å². The molecule has 1 aromatic heterocycles. The summed E-state index contributed by atoms with van der Waals surface area (Å²) in [4.78, 5) is 8.47. The Bertz CT molecular complexity index is 450. The average Bonchev–Trinajstić information content (AvgIpc) is 2.30. The summed E-state index contributed by atoms with van der Waals surface area (Å²) in [7, 11) is 1.82. The van der Waals surface area contributed by atoms with Crippen molar-refractivity contribution in [2.24, 2.45) is 0 Å². The summed E-state index contributed by atoms with van der Waals surface area (Å²) >= 11 is 0. The lowest BCUT2D eigenvalue weighted by Crippen LogP contribution is -1.95. The predicted molar refractivity (Wildman–Crippen MR) is 61.4 cm³/mol. The van der Waals surface area contributed by atoms with Gasteiger partial charge >= 0.3 is 0 Å². The Kier molecular flexibility index (Phi) is 2.49. The van der Waals surface area contributed by atoms with Crippen LogP contribution in [0.25, 0.3) is 11.3 Å². The van der Waals surface area contributed by atoms with Crippen molar-refractivity contribution < 1.29 is 0 Å². The number of benzene rings is 1. The first-order valence-electron chi connectivity index (χ1n) is 4.65. The van der Waals surface area contributed by atoms with Crippen LogP contribution >= 0.6 is 0 Å². The van der Waals surface area contributed by atoms with Crippen molar-refractivity contribution in [2.75, 3.05) is 18.1 Å². The Morgan fingerprint density at radius 2 is 1.87 bits per heavy atom. The van der Waals surface area contributed by atoms with E-state index in [1.165, 1.54) is 0 Å². The van der Waals surface area contributed by atoms with Crippen molar-refractivity contribution in [3.63, 3.8) is 0 Å². The van der Waals surface area contributed by atoms with Crippen molar-refractivity contribution >= 4 is 11.5 Å². The Labute approximate surface area is 88.2 Å². The molecule has 3 N–H and O–H groups in total. The van der Waals surface area contributed by atoms with Crippen LogP contribution in [-0.2, 0) is 0 Å². The lowest BCUT2D eigenvalue weighted by Gasteiger charge is -2.03. The summed E-state index contributed by atoms with van der Waals surface area (Å²) in [6, 6.07) is 7.56. The smallest absolute Gasteiger partial charge is 0.144 e. The van der Waals surface area contributed by atoms with Crippen LogP contribution in [0.2, 0.25) is 0 Å². The minimum Gasteiger partial charge on any atom is -0.399 e. The number of nitrogen functional groups attached to an aromatic ring is 1. The molecular weight excluding hydrogens is 188 g/mol. The van der Waals surface area contributed by atoms with Crippen molar-refractivity contribution in [1.29, 1.82) is 0 Å². The minimum atomic E-state index is 0.747. The Morgan fingerprint density at radius 3 is 2.53 bits per heavy atom. The monoisotopic (exact) mass is 200 g/mol. The van der Waals surface area contributed by atoms with E-state index in [-0.39, 0.29) is 0 Å². The van der Waals surface area contributed by atoms with E-state index in [1.807, 2.05) is 31.3 Å². The van der Waals surface area contributed by atoms with Gasteiger partial charge in [0.1, 0.15) is 5.82 Å². The highest BCUT2D eigenvalue weighted by molar-refractivity contribution is 5.62. The van der Waals surface area contributed by atoms with E-state index in [1.54, 1.807) is 12.4 Å². The van der Waals surface area contributed by atoms with Crippen LogP contribution < -0.4 is 11.1 Å². The molecule has 4 nitrogen and oxygen atoms in total. The first-order chi connectivity index (χ1) is 7.29. The van der Waals surface area contributed by atoms with Crippen LogP contribution in [0.4, 0.5) is 11.5 Å². The fourth-order valence-electron chi connectivity index (χ4n) is 1.28. The zero-order valence-corrected chi connectivity index (χ0v) is 8.44. The zero-order valence-electron chi connectivity index (χ0n) is 8.44. The van der Waals surface area contributed by atoms with Gasteiger partial charge in [-0.25, -0.2) is 4.98 Å². The van der Waals surface area contributed by atoms with Crippen LogP contribution in [0.3, 0.4) is 0 Å². The summed E-state index contributed by atoms with van der Waals surface area (Å²) in [5, 5.41) is 2.95. The van der Waals surface area contributed by atoms with Crippen molar-refractivity contribution in [3.8, 4) is 11.3 Å². The molecule has 0 atom stereocenters. The average molecular weight is 200 g/mol. The largest absolute Gasteiger partial charge is 0.399 e. The highest BCUT2D eigenvalue weighted by atomic mass is 15.0. The molecule has 0 aliphatic carbocycles. The van der Waals surface area contributed by atoms with Crippen LogP contribution in [0.1, 0.15) is 0 Å². The Morgan fingerprint density at radius 1 is 1.13 bits per heavy atom. The van der Waals surface area contributed by atoms with E-state index in [0.717, 1.165) is 22.8 Å². The van der Waals surface area contributed by atoms with Gasteiger partial charge in [-0.05, 0) is 12.1 Å². The summed E-state index contributed by atoms with van der Waals surface area (Å²) in [5.74, 6) is 0.754. The quantitative estimate of drug-likeness (QED) is 0.725. The fraction of sp³-hybridized carbons (Fsp3) is 0.0909. The summed E-state index contributed by atoms with van der Waals surface area (Å²) in [6.45, 7) is 0. The highest BCUT2D eigenvalue weighted by Crippen LogP contribution is 2.18. The summed E-state index contributed by atoms with van der Waals surface area (Å²) < 4.78 is 0. The molecule has 76 valence electrons. The lowest BCUT2D eigenvalue weighted by atomic mass is 10.1. The second-order valence-electron chi connectivity index (χ2n) is 3.16. The Hall–Kier alpha value is -2.10. The zero-order chi connectivity index (χ0) is 10.7. The first kappa shape index (κ1) is 9.45. The molecule has 0 bridgehead atoms. The number of nitrogens with two attached hydrogens (primary N) is 1. The molecular formula is C11H12N4. The molecule has 0 spiro atoms. The van der Waals surface area contributed by atoms with Gasteiger partial charge in [0, 0.05) is 18.3 Å². The maximum Gasteiger partial charge on any atom is 0.144 e. The summed E-state index contributed by atoms with van der Waals surface area (Å²) in [6.07, 6.45) is 3.41. The molecule has 0 saturated heterocycles. The van der Waals surface area contributed by atoms with E-state index in [0.29, 0.717) is 0 Å². The van der Waals surface area contributed by atoms with Gasteiger partial charge in [0.2, 0.25) is 0 Å². The maximum atomic E-state index is 5.61. The second-order valence-corrected chi connectivity index (χ2v) is 3.16. The third-order valence-electron chi connectivity index (χ3n) is 2.10. The molecule has 4 heteroatoms. The van der Waals surface area contributed by atoms with Crippen LogP contribution in [0, 0.1) is 0 Å². The van der Waals surface area contributed by atoms with Crippen molar-refractivity contribution in [1.82, 2.24) is 9.97 Å². The van der Waals surface area contributed by atoms with E-state index in [4.69, 9.17) is 5.73 Å². The van der Waals surface area contributed by atoms with E-state index < -0.39 is 0 Å². The van der Waals surface area contributed by atoms with Gasteiger partial charge in [-0.15, -0.1) is 0 Å². The fourth-order valence-corrected chi connectivity index (χ4v) is 1.28. The normalized spacial score (nSPS) is 9.93. The van der Waals surface area contributed by atoms with Gasteiger partial charge < -0.3 is 11.1 Å². The number of hydrogen-bond acceptors (Lipinski definition) is 4. The van der Waals surface area contributed by atoms with Crippen LogP contribution in [0.15, 0.2) is 36.7 Å². The molecule has 0 saturated carbocycles. The standard InChI is InChI=1S/C11H12N4/c1-13-11-7-14-6-10(15-11)8-2-4-9(12)5-3-8/h2-7H,12H2,1H3,(H,13,15). The molecule has 0 radical (unpaired) electrons. The van der Waals surface area contributed by atoms with Crippen LogP contribution in [-0.4, -0.2) is 17.0 Å². The molecule has 15 heavy (non-hydrogen) atoms. The highest BCUT2D eigenvalue weighted by Gasteiger charge is 2.00. The third-order valence-corrected chi connectivity index (χ3v) is 2.10. The SMILES string of the molecule is CNc1cncc(-c2ccc(N)cc2)n1. The molecule has 0 aliphatic rings. The molecule has 1 aromatic carbocycles. The van der Waals surface area contributed by atoms with Gasteiger partial charge in [0.05, 0.1) is 18.1 Å². The Balaban J connectivity index is 2.40.